The van der Waals surface area contributed by atoms with E-state index in [2.05, 4.69) is 49.6 Å². The summed E-state index contributed by atoms with van der Waals surface area (Å²) < 4.78 is 39.4. The molecule has 1 aliphatic carbocycles. The Kier molecular flexibility index (Phi) is 8.42. The van der Waals surface area contributed by atoms with Gasteiger partial charge in [-0.05, 0) is 53.5 Å². The number of aliphatic hydroxyl groups is 1. The van der Waals surface area contributed by atoms with Gasteiger partial charge in [-0.25, -0.2) is 13.6 Å². The van der Waals surface area contributed by atoms with Crippen LogP contribution in [0.1, 0.15) is 63.1 Å². The minimum absolute atomic E-state index is 0.0546. The van der Waals surface area contributed by atoms with Crippen LogP contribution in [0.3, 0.4) is 0 Å². The van der Waals surface area contributed by atoms with Gasteiger partial charge in [0.1, 0.15) is 11.6 Å². The molecule has 0 aromatic heterocycles. The van der Waals surface area contributed by atoms with Crippen molar-refractivity contribution in [2.45, 2.75) is 81.8 Å². The van der Waals surface area contributed by atoms with Crippen molar-refractivity contribution >= 4 is 6.09 Å². The summed E-state index contributed by atoms with van der Waals surface area (Å²) in [5.74, 6) is -2.10. The zero-order chi connectivity index (χ0) is 27.6. The Labute approximate surface area is 222 Å². The highest BCUT2D eigenvalue weighted by atomic mass is 19.1. The maximum Gasteiger partial charge on any atom is 0.404 e. The second kappa shape index (κ2) is 11.3. The smallest absolute Gasteiger partial charge is 0.404 e. The molecule has 1 amide bonds. The zero-order valence-electron chi connectivity index (χ0n) is 22.2. The largest absolute Gasteiger partial charge is 0.465 e. The Bertz CT molecular complexity index is 1100. The molecule has 2 unspecified atom stereocenters. The molecular weight excluding hydrogens is 494 g/mol. The molecule has 2 aliphatic rings. The maximum atomic E-state index is 13.7. The molecule has 2 aromatic rings. The van der Waals surface area contributed by atoms with Gasteiger partial charge in [0, 0.05) is 31.0 Å². The van der Waals surface area contributed by atoms with Crippen molar-refractivity contribution in [2.24, 2.45) is 0 Å². The normalized spacial score (nSPS) is 20.3. The van der Waals surface area contributed by atoms with Crippen molar-refractivity contribution < 1.29 is 33.3 Å². The predicted octanol–water partition coefficient (Wildman–Crippen LogP) is 4.60. The Morgan fingerprint density at radius 1 is 1.03 bits per heavy atom. The van der Waals surface area contributed by atoms with Crippen LogP contribution in [-0.2, 0) is 26.8 Å². The average Bonchev–Trinajstić information content (AvgIpc) is 3.30. The average molecular weight is 533 g/mol. The van der Waals surface area contributed by atoms with Gasteiger partial charge in [0.05, 0.1) is 25.4 Å². The number of carbonyl (C=O) groups is 1. The molecule has 4 N–H and O–H groups in total. The van der Waals surface area contributed by atoms with Crippen molar-refractivity contribution in [1.82, 2.24) is 10.6 Å². The van der Waals surface area contributed by atoms with Crippen LogP contribution in [0.15, 0.2) is 42.5 Å². The Balaban J connectivity index is 1.56. The van der Waals surface area contributed by atoms with E-state index in [0.717, 1.165) is 23.8 Å². The van der Waals surface area contributed by atoms with E-state index in [9.17, 15) is 23.8 Å². The molecule has 1 heterocycles. The molecule has 2 atom stereocenters. The van der Waals surface area contributed by atoms with Gasteiger partial charge in [0.15, 0.2) is 5.79 Å². The van der Waals surface area contributed by atoms with Crippen molar-refractivity contribution in [3.8, 4) is 0 Å². The molecule has 0 bridgehead atoms. The molecule has 1 saturated carbocycles. The number of hydrogen-bond donors (Lipinski definition) is 4. The third kappa shape index (κ3) is 6.69. The third-order valence-corrected chi connectivity index (χ3v) is 7.76. The van der Waals surface area contributed by atoms with Gasteiger partial charge in [-0.2, -0.15) is 0 Å². The molecule has 1 spiro atoms. The molecule has 1 saturated heterocycles. The highest BCUT2D eigenvalue weighted by Crippen LogP contribution is 2.45. The third-order valence-electron chi connectivity index (χ3n) is 7.76. The van der Waals surface area contributed by atoms with Crippen LogP contribution in [0.4, 0.5) is 13.6 Å². The molecular formula is C29H38F2N2O5. The lowest BCUT2D eigenvalue weighted by Gasteiger charge is -2.45. The van der Waals surface area contributed by atoms with Crippen LogP contribution in [-0.4, -0.2) is 54.0 Å². The molecule has 7 nitrogen and oxygen atoms in total. The summed E-state index contributed by atoms with van der Waals surface area (Å²) in [5, 5.41) is 26.4. The van der Waals surface area contributed by atoms with Crippen LogP contribution in [0.2, 0.25) is 0 Å². The molecule has 208 valence electrons. The molecule has 38 heavy (non-hydrogen) atoms. The van der Waals surface area contributed by atoms with Gasteiger partial charge < -0.3 is 30.3 Å². The van der Waals surface area contributed by atoms with Crippen molar-refractivity contribution in [1.29, 1.82) is 0 Å². The fourth-order valence-electron chi connectivity index (χ4n) is 5.56. The highest BCUT2D eigenvalue weighted by molar-refractivity contribution is 5.65. The number of aliphatic hydroxyl groups excluding tert-OH is 1. The summed E-state index contributed by atoms with van der Waals surface area (Å²) >= 11 is 0. The number of halogens is 2. The lowest BCUT2D eigenvalue weighted by molar-refractivity contribution is -0.187. The van der Waals surface area contributed by atoms with Gasteiger partial charge in [-0.3, -0.25) is 0 Å². The Morgan fingerprint density at radius 2 is 1.66 bits per heavy atom. The summed E-state index contributed by atoms with van der Waals surface area (Å²) in [6, 6.07) is 10.5. The van der Waals surface area contributed by atoms with Gasteiger partial charge in [0.2, 0.25) is 0 Å². The molecule has 4 rings (SSSR count). The van der Waals surface area contributed by atoms with E-state index in [1.165, 1.54) is 5.56 Å². The van der Waals surface area contributed by atoms with Crippen LogP contribution in [0.25, 0.3) is 0 Å². The lowest BCUT2D eigenvalue weighted by atomic mass is 9.72. The van der Waals surface area contributed by atoms with Gasteiger partial charge in [-0.1, -0.05) is 45.0 Å². The quantitative estimate of drug-likeness (QED) is 0.397. The second-order valence-corrected chi connectivity index (χ2v) is 11.5. The van der Waals surface area contributed by atoms with Crippen LogP contribution >= 0.6 is 0 Å². The highest BCUT2D eigenvalue weighted by Gasteiger charge is 2.47. The first-order valence-electron chi connectivity index (χ1n) is 13.2. The minimum Gasteiger partial charge on any atom is -0.465 e. The molecule has 0 radical (unpaired) electrons. The SMILES string of the molecule is CC(C)(C)c1cccc(C2(NCC(O)C(Cc3cc(F)cc(F)c3)NC(=O)O)CCC3(CC2)OCCO3)c1. The first-order chi connectivity index (χ1) is 17.9. The number of carboxylic acid groups (broad SMARTS) is 1. The number of ether oxygens (including phenoxy) is 2. The topological polar surface area (TPSA) is 100 Å². The maximum absolute atomic E-state index is 13.7. The number of amides is 1. The number of nitrogens with one attached hydrogen (secondary N) is 2. The van der Waals surface area contributed by atoms with E-state index in [1.807, 2.05) is 6.07 Å². The molecule has 2 aromatic carbocycles. The second-order valence-electron chi connectivity index (χ2n) is 11.5. The van der Waals surface area contributed by atoms with E-state index in [1.54, 1.807) is 0 Å². The van der Waals surface area contributed by atoms with Crippen LogP contribution in [0.5, 0.6) is 0 Å². The monoisotopic (exact) mass is 532 g/mol. The summed E-state index contributed by atoms with van der Waals surface area (Å²) in [6.07, 6.45) is 0.188. The summed E-state index contributed by atoms with van der Waals surface area (Å²) in [5.41, 5.74) is 1.97. The summed E-state index contributed by atoms with van der Waals surface area (Å²) in [6.45, 7) is 7.68. The molecule has 2 fully saturated rings. The number of hydrogen-bond acceptors (Lipinski definition) is 5. The van der Waals surface area contributed by atoms with Crippen molar-refractivity contribution in [3.05, 3.63) is 70.8 Å². The Morgan fingerprint density at radius 3 is 2.24 bits per heavy atom. The van der Waals surface area contributed by atoms with Gasteiger partial charge >= 0.3 is 6.09 Å². The number of benzene rings is 2. The van der Waals surface area contributed by atoms with E-state index in [0.29, 0.717) is 38.9 Å². The van der Waals surface area contributed by atoms with Crippen molar-refractivity contribution in [2.75, 3.05) is 19.8 Å². The summed E-state index contributed by atoms with van der Waals surface area (Å²) in [7, 11) is 0. The van der Waals surface area contributed by atoms with E-state index in [4.69, 9.17) is 9.47 Å². The van der Waals surface area contributed by atoms with E-state index >= 15 is 0 Å². The first-order valence-corrected chi connectivity index (χ1v) is 13.2. The van der Waals surface area contributed by atoms with Gasteiger partial charge in [0.25, 0.3) is 0 Å². The minimum atomic E-state index is -1.33. The fourth-order valence-corrected chi connectivity index (χ4v) is 5.56. The summed E-state index contributed by atoms with van der Waals surface area (Å²) in [4.78, 5) is 11.5. The fraction of sp³-hybridized carbons (Fsp3) is 0.552. The van der Waals surface area contributed by atoms with E-state index in [-0.39, 0.29) is 23.9 Å². The predicted molar refractivity (Wildman–Crippen MR) is 139 cm³/mol. The van der Waals surface area contributed by atoms with E-state index < -0.39 is 41.2 Å². The first kappa shape index (κ1) is 28.4. The zero-order valence-corrected chi connectivity index (χ0v) is 22.2. The van der Waals surface area contributed by atoms with Gasteiger partial charge in [-0.15, -0.1) is 0 Å². The van der Waals surface area contributed by atoms with Crippen LogP contribution in [0, 0.1) is 11.6 Å². The lowest BCUT2D eigenvalue weighted by Crippen LogP contribution is -2.55. The molecule has 1 aliphatic heterocycles. The number of rotatable bonds is 8. The van der Waals surface area contributed by atoms with Crippen molar-refractivity contribution in [3.63, 3.8) is 0 Å². The van der Waals surface area contributed by atoms with Crippen LogP contribution < -0.4 is 10.6 Å². The Hall–Kier alpha value is -2.59. The molecule has 9 heteroatoms. The standard InChI is InChI=1S/C29H38F2N2O5/c1-27(2,3)20-5-4-6-21(16-20)28(7-9-29(10-8-28)37-11-12-38-29)32-18-25(34)24(33-26(35)36)15-19-13-22(30)17-23(31)14-19/h4-6,13-14,16-17,24-25,32-34H,7-12,15,18H2,1-3H3,(H,35,36).